The monoisotopic (exact) mass is 289 g/mol. The Morgan fingerprint density at radius 3 is 2.56 bits per heavy atom. The van der Waals surface area contributed by atoms with Crippen LogP contribution in [0.1, 0.15) is 25.8 Å². The first-order valence-electron chi connectivity index (χ1n) is 5.72. The lowest BCUT2D eigenvalue weighted by Crippen LogP contribution is -2.24. The molecule has 0 aliphatic heterocycles. The zero-order valence-corrected chi connectivity index (χ0v) is 12.2. The van der Waals surface area contributed by atoms with E-state index in [0.29, 0.717) is 34.7 Å². The van der Waals surface area contributed by atoms with Crippen molar-refractivity contribution in [2.45, 2.75) is 26.8 Å². The molecule has 0 bridgehead atoms. The average Bonchev–Trinajstić information content (AvgIpc) is 2.28. The SMILES string of the molecule is COc1cc(Cl)c(CNC(=O)CC(C)C)cc1Cl. The highest BCUT2D eigenvalue weighted by Crippen LogP contribution is 2.30. The zero-order valence-electron chi connectivity index (χ0n) is 10.7. The maximum absolute atomic E-state index is 11.5. The van der Waals surface area contributed by atoms with Crippen molar-refractivity contribution >= 4 is 29.1 Å². The number of halogens is 2. The summed E-state index contributed by atoms with van der Waals surface area (Å²) in [4.78, 5) is 11.5. The number of benzene rings is 1. The summed E-state index contributed by atoms with van der Waals surface area (Å²) in [5, 5.41) is 3.82. The molecule has 0 aliphatic rings. The summed E-state index contributed by atoms with van der Waals surface area (Å²) in [5.41, 5.74) is 0.777. The molecule has 0 saturated heterocycles. The second-order valence-corrected chi connectivity index (χ2v) is 5.27. The van der Waals surface area contributed by atoms with Crippen molar-refractivity contribution in [1.29, 1.82) is 0 Å². The third kappa shape index (κ3) is 4.39. The minimum atomic E-state index is 0.00741. The topological polar surface area (TPSA) is 38.3 Å². The van der Waals surface area contributed by atoms with E-state index in [4.69, 9.17) is 27.9 Å². The second-order valence-electron chi connectivity index (χ2n) is 4.45. The van der Waals surface area contributed by atoms with Gasteiger partial charge in [0, 0.05) is 24.1 Å². The Balaban J connectivity index is 2.68. The van der Waals surface area contributed by atoms with E-state index in [9.17, 15) is 4.79 Å². The number of ether oxygens (including phenoxy) is 1. The number of hydrogen-bond acceptors (Lipinski definition) is 2. The molecular weight excluding hydrogens is 273 g/mol. The second kappa shape index (κ2) is 6.86. The molecule has 5 heteroatoms. The van der Waals surface area contributed by atoms with Crippen LogP contribution in [0.4, 0.5) is 0 Å². The molecule has 1 aromatic rings. The summed E-state index contributed by atoms with van der Waals surface area (Å²) in [6.45, 7) is 4.36. The van der Waals surface area contributed by atoms with Gasteiger partial charge in [0.2, 0.25) is 5.91 Å². The molecule has 0 spiro atoms. The molecule has 18 heavy (non-hydrogen) atoms. The van der Waals surface area contributed by atoms with Crippen LogP contribution in [-0.2, 0) is 11.3 Å². The fraction of sp³-hybridized carbons (Fsp3) is 0.462. The van der Waals surface area contributed by atoms with E-state index >= 15 is 0 Å². The number of rotatable bonds is 5. The van der Waals surface area contributed by atoms with Gasteiger partial charge < -0.3 is 10.1 Å². The molecule has 0 atom stereocenters. The first-order valence-corrected chi connectivity index (χ1v) is 6.48. The Morgan fingerprint density at radius 1 is 1.33 bits per heavy atom. The molecule has 0 heterocycles. The molecule has 100 valence electrons. The fourth-order valence-corrected chi connectivity index (χ4v) is 1.98. The lowest BCUT2D eigenvalue weighted by molar-refractivity contribution is -0.121. The molecule has 1 amide bonds. The molecule has 0 aromatic heterocycles. The number of carbonyl (C=O) groups is 1. The Labute approximate surface area is 117 Å². The molecule has 0 fully saturated rings. The highest BCUT2D eigenvalue weighted by atomic mass is 35.5. The van der Waals surface area contributed by atoms with Gasteiger partial charge in [-0.25, -0.2) is 0 Å². The molecule has 1 N–H and O–H groups in total. The Kier molecular flexibility index (Phi) is 5.76. The van der Waals surface area contributed by atoms with Gasteiger partial charge in [0.05, 0.1) is 12.1 Å². The van der Waals surface area contributed by atoms with Crippen LogP contribution in [0.5, 0.6) is 5.75 Å². The van der Waals surface area contributed by atoms with Gasteiger partial charge in [-0.3, -0.25) is 4.79 Å². The third-order valence-electron chi connectivity index (χ3n) is 2.39. The van der Waals surface area contributed by atoms with E-state index < -0.39 is 0 Å². The Morgan fingerprint density at radius 2 is 2.00 bits per heavy atom. The number of methoxy groups -OCH3 is 1. The molecule has 0 radical (unpaired) electrons. The first-order chi connectivity index (χ1) is 8.43. The van der Waals surface area contributed by atoms with Crippen molar-refractivity contribution in [2.75, 3.05) is 7.11 Å². The number of hydrogen-bond donors (Lipinski definition) is 1. The largest absolute Gasteiger partial charge is 0.495 e. The van der Waals surface area contributed by atoms with Crippen LogP contribution < -0.4 is 10.1 Å². The molecule has 0 aliphatic carbocycles. The van der Waals surface area contributed by atoms with Crippen LogP contribution in [0.25, 0.3) is 0 Å². The van der Waals surface area contributed by atoms with Crippen LogP contribution in [0.15, 0.2) is 12.1 Å². The van der Waals surface area contributed by atoms with Gasteiger partial charge in [0.25, 0.3) is 0 Å². The standard InChI is InChI=1S/C13H17Cl2NO2/c1-8(2)4-13(17)16-7-9-5-11(15)12(18-3)6-10(9)14/h5-6,8H,4,7H2,1-3H3,(H,16,17). The van der Waals surface area contributed by atoms with Crippen molar-refractivity contribution in [3.8, 4) is 5.75 Å². The average molecular weight is 290 g/mol. The summed E-state index contributed by atoms with van der Waals surface area (Å²) in [7, 11) is 1.53. The summed E-state index contributed by atoms with van der Waals surface area (Å²) in [6.07, 6.45) is 0.501. The molecule has 1 aromatic carbocycles. The minimum absolute atomic E-state index is 0.00741. The van der Waals surface area contributed by atoms with E-state index in [1.54, 1.807) is 12.1 Å². The van der Waals surface area contributed by atoms with Crippen molar-refractivity contribution in [2.24, 2.45) is 5.92 Å². The maximum atomic E-state index is 11.5. The molecular formula is C13H17Cl2NO2. The van der Waals surface area contributed by atoms with Crippen LogP contribution in [0.3, 0.4) is 0 Å². The van der Waals surface area contributed by atoms with Crippen LogP contribution in [0.2, 0.25) is 10.0 Å². The highest BCUT2D eigenvalue weighted by Gasteiger charge is 2.09. The van der Waals surface area contributed by atoms with Crippen molar-refractivity contribution in [3.63, 3.8) is 0 Å². The predicted octanol–water partition coefficient (Wildman–Crippen LogP) is 3.66. The van der Waals surface area contributed by atoms with E-state index in [0.717, 1.165) is 5.56 Å². The first kappa shape index (κ1) is 15.1. The fourth-order valence-electron chi connectivity index (χ4n) is 1.50. The van der Waals surface area contributed by atoms with Crippen LogP contribution in [0, 0.1) is 5.92 Å². The zero-order chi connectivity index (χ0) is 13.7. The van der Waals surface area contributed by atoms with Crippen LogP contribution >= 0.6 is 23.2 Å². The lowest BCUT2D eigenvalue weighted by Gasteiger charge is -2.11. The Hall–Kier alpha value is -0.930. The summed E-state index contributed by atoms with van der Waals surface area (Å²) >= 11 is 12.1. The molecule has 0 unspecified atom stereocenters. The lowest BCUT2D eigenvalue weighted by atomic mass is 10.1. The Bertz CT molecular complexity index is 433. The predicted molar refractivity (Wildman–Crippen MR) is 74.3 cm³/mol. The summed E-state index contributed by atoms with van der Waals surface area (Å²) in [5.74, 6) is 0.867. The molecule has 3 nitrogen and oxygen atoms in total. The number of carbonyl (C=O) groups excluding carboxylic acids is 1. The normalized spacial score (nSPS) is 10.6. The van der Waals surface area contributed by atoms with Crippen LogP contribution in [-0.4, -0.2) is 13.0 Å². The highest BCUT2D eigenvalue weighted by molar-refractivity contribution is 6.34. The van der Waals surface area contributed by atoms with Gasteiger partial charge in [-0.15, -0.1) is 0 Å². The number of amides is 1. The number of nitrogens with one attached hydrogen (secondary N) is 1. The van der Waals surface area contributed by atoms with Gasteiger partial charge in [0.15, 0.2) is 0 Å². The van der Waals surface area contributed by atoms with E-state index in [-0.39, 0.29) is 5.91 Å². The van der Waals surface area contributed by atoms with E-state index in [2.05, 4.69) is 5.32 Å². The molecule has 1 rings (SSSR count). The van der Waals surface area contributed by atoms with Crippen molar-refractivity contribution < 1.29 is 9.53 Å². The van der Waals surface area contributed by atoms with E-state index in [1.165, 1.54) is 7.11 Å². The van der Waals surface area contributed by atoms with Gasteiger partial charge in [-0.05, 0) is 17.5 Å². The molecule has 0 saturated carbocycles. The summed E-state index contributed by atoms with van der Waals surface area (Å²) in [6, 6.07) is 3.35. The smallest absolute Gasteiger partial charge is 0.220 e. The van der Waals surface area contributed by atoms with Crippen molar-refractivity contribution in [1.82, 2.24) is 5.32 Å². The van der Waals surface area contributed by atoms with Gasteiger partial charge in [-0.1, -0.05) is 37.0 Å². The third-order valence-corrected chi connectivity index (χ3v) is 3.04. The summed E-state index contributed by atoms with van der Waals surface area (Å²) < 4.78 is 5.06. The minimum Gasteiger partial charge on any atom is -0.495 e. The van der Waals surface area contributed by atoms with Gasteiger partial charge in [-0.2, -0.15) is 0 Å². The van der Waals surface area contributed by atoms with E-state index in [1.807, 2.05) is 13.8 Å². The quantitative estimate of drug-likeness (QED) is 0.898. The van der Waals surface area contributed by atoms with Crippen molar-refractivity contribution in [3.05, 3.63) is 27.7 Å². The van der Waals surface area contributed by atoms with Gasteiger partial charge >= 0.3 is 0 Å². The van der Waals surface area contributed by atoms with Gasteiger partial charge in [0.1, 0.15) is 5.75 Å². The maximum Gasteiger partial charge on any atom is 0.220 e.